The number of nitrogens with one attached hydrogen (secondary N) is 1. The second kappa shape index (κ2) is 7.71. The minimum absolute atomic E-state index is 0.701. The van der Waals surface area contributed by atoms with Gasteiger partial charge in [-0.25, -0.2) is 4.98 Å². The second-order valence-electron chi connectivity index (χ2n) is 5.58. The molecule has 0 aliphatic carbocycles. The zero-order valence-electron chi connectivity index (χ0n) is 13.5. The third-order valence-electron chi connectivity index (χ3n) is 3.92. The number of nitrogens with zero attached hydrogens (tertiary/aromatic N) is 6. The largest absolute Gasteiger partial charge is 0.369 e. The van der Waals surface area contributed by atoms with Crippen LogP contribution in [0, 0.1) is 0 Å². The zero-order chi connectivity index (χ0) is 15.9. The van der Waals surface area contributed by atoms with Crippen LogP contribution in [0.4, 0.5) is 17.6 Å². The first-order chi connectivity index (χ1) is 11.4. The highest BCUT2D eigenvalue weighted by Gasteiger charge is 2.20. The Labute approximate surface area is 136 Å². The molecule has 0 unspecified atom stereocenters. The minimum Gasteiger partial charge on any atom is -0.369 e. The molecule has 23 heavy (non-hydrogen) atoms. The monoisotopic (exact) mass is 313 g/mol. The van der Waals surface area contributed by atoms with Crippen molar-refractivity contribution in [1.82, 2.24) is 20.2 Å². The van der Waals surface area contributed by atoms with Crippen LogP contribution in [0.15, 0.2) is 30.6 Å². The average molecular weight is 313 g/mol. The summed E-state index contributed by atoms with van der Waals surface area (Å²) in [4.78, 5) is 13.4. The summed E-state index contributed by atoms with van der Waals surface area (Å²) >= 11 is 0. The molecule has 7 heteroatoms. The Morgan fingerprint density at radius 1 is 1.13 bits per heavy atom. The molecule has 0 radical (unpaired) electrons. The lowest BCUT2D eigenvalue weighted by Crippen LogP contribution is -2.47. The van der Waals surface area contributed by atoms with E-state index in [1.807, 2.05) is 24.4 Å². The van der Waals surface area contributed by atoms with Gasteiger partial charge in [0.15, 0.2) is 5.82 Å². The smallest absolute Gasteiger partial charge is 0.247 e. The topological polar surface area (TPSA) is 70.1 Å². The molecule has 122 valence electrons. The molecule has 1 saturated heterocycles. The molecular formula is C16H23N7. The number of piperazine rings is 1. The van der Waals surface area contributed by atoms with Crippen LogP contribution in [0.2, 0.25) is 0 Å². The summed E-state index contributed by atoms with van der Waals surface area (Å²) < 4.78 is 0. The van der Waals surface area contributed by atoms with Gasteiger partial charge < -0.3 is 15.1 Å². The van der Waals surface area contributed by atoms with Crippen LogP contribution in [0.3, 0.4) is 0 Å². The van der Waals surface area contributed by atoms with Gasteiger partial charge in [0.1, 0.15) is 5.82 Å². The minimum atomic E-state index is 0.701. The summed E-state index contributed by atoms with van der Waals surface area (Å²) in [6, 6.07) is 6.01. The number of anilines is 3. The van der Waals surface area contributed by atoms with Gasteiger partial charge in [-0.3, -0.25) is 0 Å². The molecule has 1 aliphatic rings. The SMILES string of the molecule is CCCCNc1cnnc(N2CCN(c3ccccn3)CC2)n1. The summed E-state index contributed by atoms with van der Waals surface area (Å²) in [5, 5.41) is 11.6. The molecule has 3 rings (SSSR count). The molecule has 0 atom stereocenters. The molecule has 0 saturated carbocycles. The fourth-order valence-electron chi connectivity index (χ4n) is 2.58. The van der Waals surface area contributed by atoms with Crippen LogP contribution >= 0.6 is 0 Å². The third kappa shape index (κ3) is 4.06. The summed E-state index contributed by atoms with van der Waals surface area (Å²) in [7, 11) is 0. The molecule has 7 nitrogen and oxygen atoms in total. The maximum absolute atomic E-state index is 4.57. The van der Waals surface area contributed by atoms with E-state index < -0.39 is 0 Å². The third-order valence-corrected chi connectivity index (χ3v) is 3.92. The molecule has 1 fully saturated rings. The van der Waals surface area contributed by atoms with Gasteiger partial charge in [0.2, 0.25) is 5.95 Å². The van der Waals surface area contributed by atoms with E-state index in [1.54, 1.807) is 6.20 Å². The summed E-state index contributed by atoms with van der Waals surface area (Å²) in [6.45, 7) is 6.66. The summed E-state index contributed by atoms with van der Waals surface area (Å²) in [5.74, 6) is 2.53. The number of hydrogen-bond donors (Lipinski definition) is 1. The highest BCUT2D eigenvalue weighted by atomic mass is 15.4. The van der Waals surface area contributed by atoms with Crippen molar-refractivity contribution in [3.05, 3.63) is 30.6 Å². The van der Waals surface area contributed by atoms with E-state index in [-0.39, 0.29) is 0 Å². The summed E-state index contributed by atoms with van der Waals surface area (Å²) in [5.41, 5.74) is 0. The molecule has 3 heterocycles. The molecular weight excluding hydrogens is 290 g/mol. The standard InChI is InChI=1S/C16H23N7/c1-2-3-7-17-14-13-19-21-16(20-14)23-11-9-22(10-12-23)15-6-4-5-8-18-15/h4-6,8,13H,2-3,7,9-12H2,1H3,(H,17,20,21). The molecule has 1 aliphatic heterocycles. The average Bonchev–Trinajstić information content (AvgIpc) is 2.63. The Kier molecular flexibility index (Phi) is 5.18. The van der Waals surface area contributed by atoms with E-state index in [1.165, 1.54) is 0 Å². The van der Waals surface area contributed by atoms with Crippen LogP contribution in [-0.2, 0) is 0 Å². The van der Waals surface area contributed by atoms with E-state index >= 15 is 0 Å². The Morgan fingerprint density at radius 2 is 1.96 bits per heavy atom. The van der Waals surface area contributed by atoms with Crippen molar-refractivity contribution in [3.8, 4) is 0 Å². The first kappa shape index (κ1) is 15.5. The van der Waals surface area contributed by atoms with Crippen molar-refractivity contribution < 1.29 is 0 Å². The van der Waals surface area contributed by atoms with E-state index in [0.717, 1.165) is 57.2 Å². The van der Waals surface area contributed by atoms with Gasteiger partial charge in [0, 0.05) is 38.9 Å². The number of aromatic nitrogens is 4. The molecule has 0 amide bonds. The van der Waals surface area contributed by atoms with Gasteiger partial charge in [-0.05, 0) is 18.6 Å². The Morgan fingerprint density at radius 3 is 2.70 bits per heavy atom. The van der Waals surface area contributed by atoms with Crippen molar-refractivity contribution >= 4 is 17.6 Å². The first-order valence-corrected chi connectivity index (χ1v) is 8.21. The Bertz CT molecular complexity index is 596. The van der Waals surface area contributed by atoms with Crippen molar-refractivity contribution in [1.29, 1.82) is 0 Å². The molecule has 0 bridgehead atoms. The Balaban J connectivity index is 1.58. The lowest BCUT2D eigenvalue weighted by Gasteiger charge is -2.35. The van der Waals surface area contributed by atoms with E-state index in [2.05, 4.69) is 42.2 Å². The van der Waals surface area contributed by atoms with Crippen molar-refractivity contribution in [3.63, 3.8) is 0 Å². The second-order valence-corrected chi connectivity index (χ2v) is 5.58. The summed E-state index contributed by atoms with van der Waals surface area (Å²) in [6.07, 6.45) is 5.80. The zero-order valence-corrected chi connectivity index (χ0v) is 13.5. The van der Waals surface area contributed by atoms with Crippen LogP contribution in [0.25, 0.3) is 0 Å². The van der Waals surface area contributed by atoms with Crippen LogP contribution in [-0.4, -0.2) is 52.9 Å². The fourth-order valence-corrected chi connectivity index (χ4v) is 2.58. The van der Waals surface area contributed by atoms with Gasteiger partial charge in [-0.15, -0.1) is 5.10 Å². The van der Waals surface area contributed by atoms with Gasteiger partial charge in [-0.1, -0.05) is 19.4 Å². The number of hydrogen-bond acceptors (Lipinski definition) is 7. The number of unbranched alkanes of at least 4 members (excludes halogenated alkanes) is 1. The van der Waals surface area contributed by atoms with Crippen LogP contribution < -0.4 is 15.1 Å². The molecule has 2 aromatic rings. The predicted molar refractivity (Wildman–Crippen MR) is 91.9 cm³/mol. The number of pyridine rings is 1. The highest BCUT2D eigenvalue weighted by molar-refractivity contribution is 5.43. The van der Waals surface area contributed by atoms with Gasteiger partial charge in [0.25, 0.3) is 0 Å². The molecule has 0 spiro atoms. The lowest BCUT2D eigenvalue weighted by atomic mass is 10.3. The van der Waals surface area contributed by atoms with Gasteiger partial charge in [0.05, 0.1) is 6.20 Å². The Hall–Kier alpha value is -2.44. The van der Waals surface area contributed by atoms with Crippen LogP contribution in [0.5, 0.6) is 0 Å². The van der Waals surface area contributed by atoms with E-state index in [9.17, 15) is 0 Å². The van der Waals surface area contributed by atoms with Crippen molar-refractivity contribution in [2.45, 2.75) is 19.8 Å². The van der Waals surface area contributed by atoms with E-state index in [0.29, 0.717) is 5.95 Å². The van der Waals surface area contributed by atoms with Crippen LogP contribution in [0.1, 0.15) is 19.8 Å². The van der Waals surface area contributed by atoms with Gasteiger partial charge in [-0.2, -0.15) is 10.1 Å². The van der Waals surface area contributed by atoms with Crippen molar-refractivity contribution in [2.24, 2.45) is 0 Å². The quantitative estimate of drug-likeness (QED) is 0.815. The first-order valence-electron chi connectivity index (χ1n) is 8.21. The molecule has 0 aromatic carbocycles. The molecule has 1 N–H and O–H groups in total. The maximum atomic E-state index is 4.57. The van der Waals surface area contributed by atoms with Crippen molar-refractivity contribution in [2.75, 3.05) is 47.8 Å². The van der Waals surface area contributed by atoms with E-state index in [4.69, 9.17) is 0 Å². The molecule has 2 aromatic heterocycles. The predicted octanol–water partition coefficient (Wildman–Crippen LogP) is 1.81. The van der Waals surface area contributed by atoms with Gasteiger partial charge >= 0.3 is 0 Å². The number of rotatable bonds is 6. The normalized spacial score (nSPS) is 14.8. The lowest BCUT2D eigenvalue weighted by molar-refractivity contribution is 0.630. The fraction of sp³-hybridized carbons (Fsp3) is 0.500. The maximum Gasteiger partial charge on any atom is 0.247 e. The highest BCUT2D eigenvalue weighted by Crippen LogP contribution is 2.16.